The van der Waals surface area contributed by atoms with Crippen molar-refractivity contribution in [1.29, 1.82) is 5.26 Å². The molecule has 1 spiro atoms. The summed E-state index contributed by atoms with van der Waals surface area (Å²) in [6.07, 6.45) is 4.79. The second-order valence-electron chi connectivity index (χ2n) is 9.47. The summed E-state index contributed by atoms with van der Waals surface area (Å²) < 4.78 is 30.7. The number of hydrogen-bond donors (Lipinski definition) is 1. The molecule has 0 saturated carbocycles. The van der Waals surface area contributed by atoms with E-state index in [1.54, 1.807) is 19.2 Å². The van der Waals surface area contributed by atoms with Crippen molar-refractivity contribution in [2.75, 3.05) is 51.9 Å². The average Bonchev–Trinajstić information content (AvgIpc) is 2.88. The van der Waals surface area contributed by atoms with Gasteiger partial charge in [0.25, 0.3) is 0 Å². The first-order valence-corrected chi connectivity index (χ1v) is 12.4. The molecule has 0 aliphatic carbocycles. The molecule has 0 unspecified atom stereocenters. The number of ether oxygens (including phenoxy) is 3. The first kappa shape index (κ1) is 24.6. The standard InChI is InChI=1S/C27H28ClFN4O3/c1-34-24-13-23-20(26(18(14-30)15-31-23)32-19-3-4-22(29)21(28)11-19)12-25(24)36-10-2-7-33-8-5-27(6-9-33)16-35-17-27/h3-4,11-13,15H,2,5-10,16-17H2,1H3,(H,31,32). The van der Waals surface area contributed by atoms with Gasteiger partial charge in [0.05, 0.1) is 48.7 Å². The second-order valence-corrected chi connectivity index (χ2v) is 9.88. The fraction of sp³-hybridized carbons (Fsp3) is 0.407. The summed E-state index contributed by atoms with van der Waals surface area (Å²) in [6.45, 7) is 5.55. The van der Waals surface area contributed by atoms with Crippen LogP contribution in [0.5, 0.6) is 11.5 Å². The number of nitriles is 1. The second kappa shape index (κ2) is 10.5. The highest BCUT2D eigenvalue weighted by Gasteiger charge is 2.40. The summed E-state index contributed by atoms with van der Waals surface area (Å²) >= 11 is 5.95. The Balaban J connectivity index is 1.31. The molecule has 188 valence electrons. The molecule has 2 fully saturated rings. The van der Waals surface area contributed by atoms with Crippen molar-refractivity contribution in [2.24, 2.45) is 5.41 Å². The van der Waals surface area contributed by atoms with Gasteiger partial charge in [-0.2, -0.15) is 5.26 Å². The zero-order valence-corrected chi connectivity index (χ0v) is 20.9. The van der Waals surface area contributed by atoms with E-state index in [0.29, 0.717) is 51.4 Å². The molecule has 0 radical (unpaired) electrons. The van der Waals surface area contributed by atoms with Crippen LogP contribution in [-0.2, 0) is 4.74 Å². The van der Waals surface area contributed by atoms with Gasteiger partial charge in [-0.1, -0.05) is 11.6 Å². The highest BCUT2D eigenvalue weighted by Crippen LogP contribution is 2.39. The number of methoxy groups -OCH3 is 1. The van der Waals surface area contributed by atoms with Crippen molar-refractivity contribution in [3.63, 3.8) is 0 Å². The van der Waals surface area contributed by atoms with Crippen LogP contribution in [0.3, 0.4) is 0 Å². The Hall–Kier alpha value is -3.12. The van der Waals surface area contributed by atoms with Gasteiger partial charge in [0.1, 0.15) is 11.9 Å². The number of benzene rings is 2. The molecule has 2 saturated heterocycles. The normalized spacial score (nSPS) is 16.9. The maximum Gasteiger partial charge on any atom is 0.162 e. The Morgan fingerprint density at radius 3 is 2.69 bits per heavy atom. The van der Waals surface area contributed by atoms with Gasteiger partial charge in [0.2, 0.25) is 0 Å². The van der Waals surface area contributed by atoms with Crippen molar-refractivity contribution in [1.82, 2.24) is 9.88 Å². The third-order valence-corrected chi connectivity index (χ3v) is 7.36. The van der Waals surface area contributed by atoms with E-state index in [-0.39, 0.29) is 5.02 Å². The monoisotopic (exact) mass is 510 g/mol. The fourth-order valence-electron chi connectivity index (χ4n) is 4.81. The third-order valence-electron chi connectivity index (χ3n) is 7.07. The van der Waals surface area contributed by atoms with E-state index in [1.165, 1.54) is 31.2 Å². The van der Waals surface area contributed by atoms with Crippen molar-refractivity contribution >= 4 is 33.9 Å². The molecule has 1 aromatic heterocycles. The van der Waals surface area contributed by atoms with Crippen molar-refractivity contribution in [3.05, 3.63) is 52.9 Å². The number of piperidine rings is 1. The smallest absolute Gasteiger partial charge is 0.162 e. The topological polar surface area (TPSA) is 79.6 Å². The number of hydrogen-bond acceptors (Lipinski definition) is 7. The van der Waals surface area contributed by atoms with Crippen molar-refractivity contribution < 1.29 is 18.6 Å². The van der Waals surface area contributed by atoms with Crippen molar-refractivity contribution in [2.45, 2.75) is 19.3 Å². The van der Waals surface area contributed by atoms with Gasteiger partial charge in [-0.3, -0.25) is 4.98 Å². The van der Waals surface area contributed by atoms with Gasteiger partial charge in [-0.05, 0) is 56.6 Å². The number of nitrogens with one attached hydrogen (secondary N) is 1. The molecule has 2 aliphatic rings. The number of nitrogens with zero attached hydrogens (tertiary/aromatic N) is 3. The molecule has 3 heterocycles. The van der Waals surface area contributed by atoms with E-state index in [2.05, 4.69) is 21.3 Å². The van der Waals surface area contributed by atoms with Crippen LogP contribution in [-0.4, -0.2) is 56.4 Å². The molecule has 0 amide bonds. The van der Waals surface area contributed by atoms with Crippen LogP contribution in [0.25, 0.3) is 10.9 Å². The van der Waals surface area contributed by atoms with Crippen LogP contribution in [0.15, 0.2) is 36.5 Å². The van der Waals surface area contributed by atoms with Gasteiger partial charge in [0.15, 0.2) is 11.5 Å². The number of halogens is 2. The van der Waals surface area contributed by atoms with Crippen LogP contribution in [0.1, 0.15) is 24.8 Å². The molecule has 36 heavy (non-hydrogen) atoms. The molecule has 5 rings (SSSR count). The molecule has 0 atom stereocenters. The summed E-state index contributed by atoms with van der Waals surface area (Å²) in [7, 11) is 1.59. The van der Waals surface area contributed by atoms with Gasteiger partial charge in [0, 0.05) is 35.3 Å². The molecule has 2 aromatic carbocycles. The summed E-state index contributed by atoms with van der Waals surface area (Å²) in [5.41, 5.74) is 2.52. The molecular formula is C27H28ClFN4O3. The Morgan fingerprint density at radius 2 is 2.03 bits per heavy atom. The third kappa shape index (κ3) is 5.05. The number of rotatable bonds is 8. The quantitative estimate of drug-likeness (QED) is 0.399. The van der Waals surface area contributed by atoms with Crippen LogP contribution in [0.4, 0.5) is 15.8 Å². The Labute approximate surface area is 214 Å². The predicted molar refractivity (Wildman–Crippen MR) is 137 cm³/mol. The number of aromatic nitrogens is 1. The van der Waals surface area contributed by atoms with Crippen LogP contribution in [0.2, 0.25) is 5.02 Å². The summed E-state index contributed by atoms with van der Waals surface area (Å²) in [6, 6.07) is 10.1. The minimum Gasteiger partial charge on any atom is -0.493 e. The lowest BCUT2D eigenvalue weighted by molar-refractivity contribution is -0.139. The summed E-state index contributed by atoms with van der Waals surface area (Å²) in [5, 5.41) is 13.6. The lowest BCUT2D eigenvalue weighted by Gasteiger charge is -2.47. The minimum absolute atomic E-state index is 0.00699. The Bertz CT molecular complexity index is 1300. The lowest BCUT2D eigenvalue weighted by atomic mass is 9.77. The lowest BCUT2D eigenvalue weighted by Crippen LogP contribution is -2.51. The van der Waals surface area contributed by atoms with Gasteiger partial charge in [-0.15, -0.1) is 0 Å². The van der Waals surface area contributed by atoms with E-state index < -0.39 is 5.82 Å². The predicted octanol–water partition coefficient (Wildman–Crippen LogP) is 5.53. The maximum atomic E-state index is 13.6. The zero-order chi connectivity index (χ0) is 25.1. The Kier molecular flexibility index (Phi) is 7.15. The highest BCUT2D eigenvalue weighted by atomic mass is 35.5. The first-order chi connectivity index (χ1) is 17.5. The summed E-state index contributed by atoms with van der Waals surface area (Å²) in [5.74, 6) is 0.635. The number of fused-ring (bicyclic) bond motifs is 1. The maximum absolute atomic E-state index is 13.6. The van der Waals surface area contributed by atoms with Crippen LogP contribution >= 0.6 is 11.6 Å². The van der Waals surface area contributed by atoms with E-state index in [4.69, 9.17) is 25.8 Å². The van der Waals surface area contributed by atoms with E-state index >= 15 is 0 Å². The average molecular weight is 511 g/mol. The Morgan fingerprint density at radius 1 is 1.22 bits per heavy atom. The molecule has 7 nitrogen and oxygen atoms in total. The van der Waals surface area contributed by atoms with E-state index in [9.17, 15) is 9.65 Å². The van der Waals surface area contributed by atoms with Crippen LogP contribution < -0.4 is 14.8 Å². The number of likely N-dealkylation sites (tertiary alicyclic amines) is 1. The molecule has 9 heteroatoms. The van der Waals surface area contributed by atoms with Gasteiger partial charge in [-0.25, -0.2) is 4.39 Å². The van der Waals surface area contributed by atoms with E-state index in [1.807, 2.05) is 6.07 Å². The largest absolute Gasteiger partial charge is 0.493 e. The highest BCUT2D eigenvalue weighted by molar-refractivity contribution is 6.31. The van der Waals surface area contributed by atoms with Crippen molar-refractivity contribution in [3.8, 4) is 17.6 Å². The minimum atomic E-state index is -0.510. The molecule has 1 N–H and O–H groups in total. The molecule has 0 bridgehead atoms. The van der Waals surface area contributed by atoms with Crippen LogP contribution in [0, 0.1) is 22.6 Å². The number of anilines is 2. The van der Waals surface area contributed by atoms with Gasteiger partial charge >= 0.3 is 0 Å². The SMILES string of the molecule is COc1cc2ncc(C#N)c(Nc3ccc(F)c(Cl)c3)c2cc1OCCCN1CCC2(CC1)COC2. The first-order valence-electron chi connectivity index (χ1n) is 12.1. The number of pyridine rings is 1. The fourth-order valence-corrected chi connectivity index (χ4v) is 4.99. The molecular weight excluding hydrogens is 483 g/mol. The van der Waals surface area contributed by atoms with E-state index in [0.717, 1.165) is 39.3 Å². The van der Waals surface area contributed by atoms with Gasteiger partial charge < -0.3 is 24.4 Å². The molecule has 2 aliphatic heterocycles. The summed E-state index contributed by atoms with van der Waals surface area (Å²) in [4.78, 5) is 6.91. The molecule has 3 aromatic rings. The zero-order valence-electron chi connectivity index (χ0n) is 20.2.